The van der Waals surface area contributed by atoms with Crippen LogP contribution in [0.5, 0.6) is 0 Å². The quantitative estimate of drug-likeness (QED) is 0.761. The molecule has 4 heteroatoms. The fraction of sp³-hybridized carbons (Fsp3) is 0.375. The molecule has 0 aliphatic heterocycles. The zero-order valence-corrected chi connectivity index (χ0v) is 7.86. The molecule has 2 N–H and O–H groups in total. The summed E-state index contributed by atoms with van der Waals surface area (Å²) in [6, 6.07) is 0. The van der Waals surface area contributed by atoms with Crippen LogP contribution in [0.15, 0.2) is 6.20 Å². The van der Waals surface area contributed by atoms with E-state index in [1.54, 1.807) is 6.20 Å². The van der Waals surface area contributed by atoms with Crippen molar-refractivity contribution < 1.29 is 0 Å². The second-order valence-corrected chi connectivity index (χ2v) is 3.78. The number of pyridine rings is 1. The van der Waals surface area contributed by atoms with E-state index < -0.39 is 0 Å². The van der Waals surface area contributed by atoms with Crippen molar-refractivity contribution in [2.24, 2.45) is 0 Å². The molecule has 1 aliphatic rings. The smallest absolute Gasteiger partial charge is 0.142 e. The largest absolute Gasteiger partial charge is 0.382 e. The van der Waals surface area contributed by atoms with Gasteiger partial charge in [0.05, 0.1) is 10.0 Å². The fourth-order valence-electron chi connectivity index (χ4n) is 1.24. The van der Waals surface area contributed by atoms with E-state index in [1.807, 2.05) is 0 Å². The molecule has 0 amide bonds. The maximum atomic E-state index is 5.96. The molecule has 1 heterocycles. The molecule has 0 bridgehead atoms. The minimum absolute atomic E-state index is 0.378. The van der Waals surface area contributed by atoms with Crippen LogP contribution in [0.2, 0.25) is 10.0 Å². The first-order valence-electron chi connectivity index (χ1n) is 3.79. The Morgan fingerprint density at radius 1 is 1.42 bits per heavy atom. The highest BCUT2D eigenvalue weighted by atomic mass is 35.5. The molecule has 0 atom stereocenters. The second-order valence-electron chi connectivity index (χ2n) is 2.99. The van der Waals surface area contributed by atoms with Crippen molar-refractivity contribution in [1.82, 2.24) is 4.98 Å². The molecule has 0 aromatic carbocycles. The maximum Gasteiger partial charge on any atom is 0.142 e. The van der Waals surface area contributed by atoms with Crippen molar-refractivity contribution in [3.63, 3.8) is 0 Å². The number of nitrogens with zero attached hydrogens (tertiary/aromatic N) is 1. The van der Waals surface area contributed by atoms with Gasteiger partial charge in [-0.25, -0.2) is 4.98 Å². The van der Waals surface area contributed by atoms with Gasteiger partial charge in [-0.05, 0) is 24.3 Å². The van der Waals surface area contributed by atoms with Crippen LogP contribution in [0.3, 0.4) is 0 Å². The number of nitrogens with two attached hydrogens (primary N) is 1. The average Bonchev–Trinajstić information content (AvgIpc) is 2.81. The molecule has 0 saturated heterocycles. The topological polar surface area (TPSA) is 38.9 Å². The molecule has 1 aliphatic carbocycles. The highest BCUT2D eigenvalue weighted by Gasteiger charge is 2.29. The van der Waals surface area contributed by atoms with Crippen molar-refractivity contribution in [3.8, 4) is 0 Å². The van der Waals surface area contributed by atoms with Crippen molar-refractivity contribution >= 4 is 29.0 Å². The molecule has 1 fully saturated rings. The molecular formula is C8H8Cl2N2. The Hall–Kier alpha value is -0.470. The summed E-state index contributed by atoms with van der Waals surface area (Å²) in [4.78, 5) is 3.86. The normalized spacial score (nSPS) is 16.5. The third kappa shape index (κ3) is 1.25. The summed E-state index contributed by atoms with van der Waals surface area (Å²) in [6.45, 7) is 0. The Bertz CT molecular complexity index is 321. The predicted molar refractivity (Wildman–Crippen MR) is 50.6 cm³/mol. The van der Waals surface area contributed by atoms with Gasteiger partial charge in [-0.15, -0.1) is 0 Å². The molecule has 12 heavy (non-hydrogen) atoms. The minimum Gasteiger partial charge on any atom is -0.382 e. The van der Waals surface area contributed by atoms with Gasteiger partial charge in [-0.1, -0.05) is 23.2 Å². The zero-order valence-electron chi connectivity index (χ0n) is 6.35. The van der Waals surface area contributed by atoms with Gasteiger partial charge < -0.3 is 5.73 Å². The zero-order chi connectivity index (χ0) is 8.72. The first kappa shape index (κ1) is 8.14. The van der Waals surface area contributed by atoms with E-state index in [0.29, 0.717) is 21.8 Å². The number of rotatable bonds is 1. The van der Waals surface area contributed by atoms with E-state index in [9.17, 15) is 0 Å². The Balaban J connectivity index is 2.55. The third-order valence-corrected chi connectivity index (χ3v) is 2.72. The molecule has 2 rings (SSSR count). The Labute approximate surface area is 80.7 Å². The van der Waals surface area contributed by atoms with E-state index >= 15 is 0 Å². The van der Waals surface area contributed by atoms with Crippen molar-refractivity contribution in [2.45, 2.75) is 18.8 Å². The lowest BCUT2D eigenvalue weighted by Gasteiger charge is -2.05. The minimum atomic E-state index is 0.378. The summed E-state index contributed by atoms with van der Waals surface area (Å²) in [5, 5.41) is 1.17. The summed E-state index contributed by atoms with van der Waals surface area (Å²) in [6.07, 6.45) is 3.88. The summed E-state index contributed by atoms with van der Waals surface area (Å²) >= 11 is 11.9. The molecule has 1 aromatic heterocycles. The van der Waals surface area contributed by atoms with Crippen LogP contribution in [-0.2, 0) is 0 Å². The lowest BCUT2D eigenvalue weighted by atomic mass is 10.2. The van der Waals surface area contributed by atoms with Gasteiger partial charge in [0.1, 0.15) is 5.82 Å². The van der Waals surface area contributed by atoms with Crippen LogP contribution in [0, 0.1) is 0 Å². The molecular weight excluding hydrogens is 195 g/mol. The summed E-state index contributed by atoms with van der Waals surface area (Å²) < 4.78 is 0. The standard InChI is InChI=1S/C8H8Cl2N2/c9-5-3-12-8(11)7(10)6(5)4-1-2-4/h3-4H,1-2H2,(H2,11,12). The van der Waals surface area contributed by atoms with Crippen LogP contribution < -0.4 is 5.73 Å². The number of hydrogen-bond donors (Lipinski definition) is 1. The van der Waals surface area contributed by atoms with E-state index in [2.05, 4.69) is 4.98 Å². The molecule has 2 nitrogen and oxygen atoms in total. The molecule has 0 unspecified atom stereocenters. The van der Waals surface area contributed by atoms with Crippen molar-refractivity contribution in [3.05, 3.63) is 21.8 Å². The van der Waals surface area contributed by atoms with Gasteiger partial charge in [0.25, 0.3) is 0 Å². The van der Waals surface area contributed by atoms with Crippen LogP contribution in [0.1, 0.15) is 24.3 Å². The van der Waals surface area contributed by atoms with Gasteiger partial charge in [0.15, 0.2) is 0 Å². The van der Waals surface area contributed by atoms with Crippen molar-refractivity contribution in [1.29, 1.82) is 0 Å². The molecule has 0 radical (unpaired) electrons. The summed E-state index contributed by atoms with van der Waals surface area (Å²) in [7, 11) is 0. The van der Waals surface area contributed by atoms with E-state index in [1.165, 1.54) is 0 Å². The van der Waals surface area contributed by atoms with Gasteiger partial charge in [0.2, 0.25) is 0 Å². The van der Waals surface area contributed by atoms with Crippen LogP contribution >= 0.6 is 23.2 Å². The Morgan fingerprint density at radius 3 is 2.67 bits per heavy atom. The first-order chi connectivity index (χ1) is 5.70. The van der Waals surface area contributed by atoms with Crippen LogP contribution in [0.4, 0.5) is 5.82 Å². The van der Waals surface area contributed by atoms with Gasteiger partial charge >= 0.3 is 0 Å². The SMILES string of the molecule is Nc1ncc(Cl)c(C2CC2)c1Cl. The lowest BCUT2D eigenvalue weighted by molar-refractivity contribution is 1.11. The average molecular weight is 203 g/mol. The number of aromatic nitrogens is 1. The Morgan fingerprint density at radius 2 is 2.08 bits per heavy atom. The number of nitrogen functional groups attached to an aromatic ring is 1. The summed E-state index contributed by atoms with van der Waals surface area (Å²) in [5.74, 6) is 0.887. The number of halogens is 2. The maximum absolute atomic E-state index is 5.96. The summed E-state index contributed by atoms with van der Waals surface area (Å²) in [5.41, 5.74) is 6.53. The fourth-order valence-corrected chi connectivity index (χ4v) is 1.89. The molecule has 1 aromatic rings. The molecule has 64 valence electrons. The van der Waals surface area contributed by atoms with E-state index in [-0.39, 0.29) is 0 Å². The Kier molecular flexibility index (Phi) is 1.89. The molecule has 1 saturated carbocycles. The first-order valence-corrected chi connectivity index (χ1v) is 4.55. The van der Waals surface area contributed by atoms with Gasteiger partial charge in [0, 0.05) is 6.20 Å². The second kappa shape index (κ2) is 2.79. The van der Waals surface area contributed by atoms with Gasteiger partial charge in [-0.2, -0.15) is 0 Å². The monoisotopic (exact) mass is 202 g/mol. The van der Waals surface area contributed by atoms with Crippen LogP contribution in [-0.4, -0.2) is 4.98 Å². The van der Waals surface area contributed by atoms with E-state index in [0.717, 1.165) is 18.4 Å². The third-order valence-electron chi connectivity index (χ3n) is 2.02. The highest BCUT2D eigenvalue weighted by Crippen LogP contribution is 2.47. The lowest BCUT2D eigenvalue weighted by Crippen LogP contribution is -1.95. The predicted octanol–water partition coefficient (Wildman–Crippen LogP) is 2.85. The number of anilines is 1. The van der Waals surface area contributed by atoms with Crippen LogP contribution in [0.25, 0.3) is 0 Å². The van der Waals surface area contributed by atoms with Crippen molar-refractivity contribution in [2.75, 3.05) is 5.73 Å². The molecule has 0 spiro atoms. The highest BCUT2D eigenvalue weighted by molar-refractivity contribution is 6.37. The van der Waals surface area contributed by atoms with E-state index in [4.69, 9.17) is 28.9 Å². The van der Waals surface area contributed by atoms with Gasteiger partial charge in [-0.3, -0.25) is 0 Å². The number of hydrogen-bond acceptors (Lipinski definition) is 2.